The predicted molar refractivity (Wildman–Crippen MR) is 118 cm³/mol. The molecule has 1 aromatic carbocycles. The summed E-state index contributed by atoms with van der Waals surface area (Å²) < 4.78 is 11.1. The molecular formula is C22H33N5O3. The van der Waals surface area contributed by atoms with Gasteiger partial charge in [0.05, 0.1) is 19.8 Å². The number of morpholine rings is 1. The summed E-state index contributed by atoms with van der Waals surface area (Å²) in [6.45, 7) is 11.4. The minimum Gasteiger partial charge on any atom is -0.489 e. The number of hydrogen-bond acceptors (Lipinski definition) is 5. The van der Waals surface area contributed by atoms with Gasteiger partial charge in [-0.05, 0) is 6.07 Å². The highest BCUT2D eigenvalue weighted by molar-refractivity contribution is 5.80. The standard InChI is InChI=1S/C22H33N5O3/c1-3-14-30-20-7-5-4-6-19(20)17-24-22(23-2)27-10-8-25(9-11-27)18-21(28)26-12-15-29-16-13-26/h3-7H,1,8-18H2,2H3,(H,23,24). The number of aliphatic imine (C=N–C) groups is 1. The molecule has 164 valence electrons. The van der Waals surface area contributed by atoms with Crippen LogP contribution in [0.25, 0.3) is 0 Å². The van der Waals surface area contributed by atoms with Gasteiger partial charge in [-0.1, -0.05) is 30.9 Å². The number of ether oxygens (including phenoxy) is 2. The molecule has 0 saturated carbocycles. The average molecular weight is 416 g/mol. The highest BCUT2D eigenvalue weighted by Gasteiger charge is 2.24. The first-order valence-corrected chi connectivity index (χ1v) is 10.6. The Kier molecular flexibility index (Phi) is 8.53. The van der Waals surface area contributed by atoms with Crippen LogP contribution in [0.3, 0.4) is 0 Å². The SMILES string of the molecule is C=CCOc1ccccc1CNC(=NC)N1CCN(CC(=O)N2CCOCC2)CC1. The second-order valence-corrected chi connectivity index (χ2v) is 7.36. The summed E-state index contributed by atoms with van der Waals surface area (Å²) in [4.78, 5) is 23.3. The van der Waals surface area contributed by atoms with E-state index >= 15 is 0 Å². The molecule has 0 aromatic heterocycles. The van der Waals surface area contributed by atoms with Gasteiger partial charge in [0.2, 0.25) is 5.91 Å². The van der Waals surface area contributed by atoms with Crippen molar-refractivity contribution in [2.75, 3.05) is 72.7 Å². The first kappa shape index (κ1) is 22.1. The molecule has 2 aliphatic rings. The molecule has 1 amide bonds. The lowest BCUT2D eigenvalue weighted by molar-refractivity contribution is -0.136. The summed E-state index contributed by atoms with van der Waals surface area (Å²) in [6.07, 6.45) is 1.74. The molecule has 30 heavy (non-hydrogen) atoms. The van der Waals surface area contributed by atoms with E-state index in [9.17, 15) is 4.79 Å². The summed E-state index contributed by atoms with van der Waals surface area (Å²) in [7, 11) is 1.80. The highest BCUT2D eigenvalue weighted by atomic mass is 16.5. The molecule has 0 radical (unpaired) electrons. The van der Waals surface area contributed by atoms with Crippen molar-refractivity contribution in [1.82, 2.24) is 20.0 Å². The number of rotatable bonds is 7. The van der Waals surface area contributed by atoms with Crippen LogP contribution in [0.5, 0.6) is 5.75 Å². The number of carbonyl (C=O) groups excluding carboxylic acids is 1. The van der Waals surface area contributed by atoms with Crippen molar-refractivity contribution < 1.29 is 14.3 Å². The van der Waals surface area contributed by atoms with Crippen LogP contribution < -0.4 is 10.1 Å². The minimum atomic E-state index is 0.199. The zero-order chi connectivity index (χ0) is 21.2. The molecule has 0 atom stereocenters. The Labute approximate surface area is 179 Å². The Bertz CT molecular complexity index is 725. The molecule has 2 saturated heterocycles. The van der Waals surface area contributed by atoms with Crippen molar-refractivity contribution >= 4 is 11.9 Å². The number of amides is 1. The lowest BCUT2D eigenvalue weighted by Crippen LogP contribution is -2.54. The van der Waals surface area contributed by atoms with Crippen molar-refractivity contribution in [3.8, 4) is 5.75 Å². The van der Waals surface area contributed by atoms with E-state index in [0.29, 0.717) is 46.0 Å². The summed E-state index contributed by atoms with van der Waals surface area (Å²) in [5.74, 6) is 1.92. The number of benzene rings is 1. The highest BCUT2D eigenvalue weighted by Crippen LogP contribution is 2.18. The van der Waals surface area contributed by atoms with Crippen molar-refractivity contribution in [2.24, 2.45) is 4.99 Å². The topological polar surface area (TPSA) is 69.6 Å². The van der Waals surface area contributed by atoms with Gasteiger partial charge in [0, 0.05) is 58.4 Å². The maximum absolute atomic E-state index is 12.5. The third-order valence-electron chi connectivity index (χ3n) is 5.37. The van der Waals surface area contributed by atoms with E-state index < -0.39 is 0 Å². The largest absolute Gasteiger partial charge is 0.489 e. The van der Waals surface area contributed by atoms with E-state index in [-0.39, 0.29) is 5.91 Å². The van der Waals surface area contributed by atoms with E-state index in [1.165, 1.54) is 0 Å². The van der Waals surface area contributed by atoms with E-state index in [1.807, 2.05) is 29.2 Å². The van der Waals surface area contributed by atoms with Crippen molar-refractivity contribution in [3.05, 3.63) is 42.5 Å². The fourth-order valence-electron chi connectivity index (χ4n) is 3.67. The number of carbonyl (C=O) groups is 1. The van der Waals surface area contributed by atoms with Gasteiger partial charge in [0.25, 0.3) is 0 Å². The fourth-order valence-corrected chi connectivity index (χ4v) is 3.67. The molecule has 0 bridgehead atoms. The van der Waals surface area contributed by atoms with Gasteiger partial charge in [0.15, 0.2) is 5.96 Å². The smallest absolute Gasteiger partial charge is 0.236 e. The Morgan fingerprint density at radius 2 is 1.90 bits per heavy atom. The third kappa shape index (κ3) is 6.21. The van der Waals surface area contributed by atoms with Crippen LogP contribution in [-0.2, 0) is 16.1 Å². The van der Waals surface area contributed by atoms with E-state index in [4.69, 9.17) is 9.47 Å². The van der Waals surface area contributed by atoms with Gasteiger partial charge in [-0.3, -0.25) is 14.7 Å². The minimum absolute atomic E-state index is 0.199. The lowest BCUT2D eigenvalue weighted by atomic mass is 10.2. The molecule has 3 rings (SSSR count). The lowest BCUT2D eigenvalue weighted by Gasteiger charge is -2.37. The zero-order valence-electron chi connectivity index (χ0n) is 17.9. The first-order valence-electron chi connectivity index (χ1n) is 10.6. The van der Waals surface area contributed by atoms with Crippen LogP contribution >= 0.6 is 0 Å². The molecule has 0 spiro atoms. The number of guanidine groups is 1. The molecule has 2 fully saturated rings. The Hall–Kier alpha value is -2.58. The van der Waals surface area contributed by atoms with E-state index in [0.717, 1.165) is 43.5 Å². The number of hydrogen-bond donors (Lipinski definition) is 1. The van der Waals surface area contributed by atoms with Gasteiger partial charge in [0.1, 0.15) is 12.4 Å². The molecule has 8 nitrogen and oxygen atoms in total. The van der Waals surface area contributed by atoms with Gasteiger partial charge >= 0.3 is 0 Å². The van der Waals surface area contributed by atoms with Crippen molar-refractivity contribution in [3.63, 3.8) is 0 Å². The summed E-state index contributed by atoms with van der Waals surface area (Å²) in [6, 6.07) is 7.99. The summed E-state index contributed by atoms with van der Waals surface area (Å²) in [5, 5.41) is 3.44. The molecule has 2 heterocycles. The predicted octanol–water partition coefficient (Wildman–Crippen LogP) is 0.803. The molecule has 1 N–H and O–H groups in total. The second-order valence-electron chi connectivity index (χ2n) is 7.36. The van der Waals surface area contributed by atoms with E-state index in [1.54, 1.807) is 13.1 Å². The normalized spacial score (nSPS) is 18.2. The Balaban J connectivity index is 1.46. The van der Waals surface area contributed by atoms with Gasteiger partial charge in [-0.2, -0.15) is 0 Å². The van der Waals surface area contributed by atoms with Crippen LogP contribution in [0.2, 0.25) is 0 Å². The summed E-state index contributed by atoms with van der Waals surface area (Å²) in [5.41, 5.74) is 1.08. The fraction of sp³-hybridized carbons (Fsp3) is 0.545. The van der Waals surface area contributed by atoms with Gasteiger partial charge in [-0.15, -0.1) is 0 Å². The molecule has 8 heteroatoms. The number of nitrogens with zero attached hydrogens (tertiary/aromatic N) is 4. The molecule has 0 aliphatic carbocycles. The maximum Gasteiger partial charge on any atom is 0.236 e. The number of piperazine rings is 1. The van der Waals surface area contributed by atoms with Gasteiger partial charge in [-0.25, -0.2) is 0 Å². The molecule has 2 aliphatic heterocycles. The van der Waals surface area contributed by atoms with E-state index in [2.05, 4.69) is 26.7 Å². The van der Waals surface area contributed by atoms with Crippen LogP contribution in [0.1, 0.15) is 5.56 Å². The number of nitrogens with one attached hydrogen (secondary N) is 1. The molecule has 0 unspecified atom stereocenters. The van der Waals surface area contributed by atoms with Crippen molar-refractivity contribution in [2.45, 2.75) is 6.54 Å². The number of para-hydroxylation sites is 1. The third-order valence-corrected chi connectivity index (χ3v) is 5.37. The Morgan fingerprint density at radius 1 is 1.17 bits per heavy atom. The quantitative estimate of drug-likeness (QED) is 0.404. The van der Waals surface area contributed by atoms with Crippen molar-refractivity contribution in [1.29, 1.82) is 0 Å². The average Bonchev–Trinajstić information content (AvgIpc) is 2.80. The Morgan fingerprint density at radius 3 is 2.60 bits per heavy atom. The molecule has 1 aromatic rings. The van der Waals surface area contributed by atoms with Crippen LogP contribution in [0.15, 0.2) is 41.9 Å². The maximum atomic E-state index is 12.5. The monoisotopic (exact) mass is 415 g/mol. The molecular weight excluding hydrogens is 382 g/mol. The van der Waals surface area contributed by atoms with Crippen LogP contribution in [0, 0.1) is 0 Å². The first-order chi connectivity index (χ1) is 14.7. The van der Waals surface area contributed by atoms with Crippen LogP contribution in [0.4, 0.5) is 0 Å². The summed E-state index contributed by atoms with van der Waals surface area (Å²) >= 11 is 0. The van der Waals surface area contributed by atoms with Crippen LogP contribution in [-0.4, -0.2) is 99.2 Å². The van der Waals surface area contributed by atoms with Gasteiger partial charge < -0.3 is 24.6 Å². The zero-order valence-corrected chi connectivity index (χ0v) is 17.9. The second kappa shape index (κ2) is 11.6.